The van der Waals surface area contributed by atoms with Crippen LogP contribution in [0.3, 0.4) is 0 Å². The maximum absolute atomic E-state index is 12.4. The minimum atomic E-state index is -4.35. The van der Waals surface area contributed by atoms with E-state index in [2.05, 4.69) is 5.32 Å². The van der Waals surface area contributed by atoms with Crippen LogP contribution in [0.4, 0.5) is 24.5 Å². The fraction of sp³-hybridized carbons (Fsp3) is 0.455. The Kier molecular flexibility index (Phi) is 4.56. The molecule has 0 fully saturated rings. The molecule has 0 saturated heterocycles. The highest BCUT2D eigenvalue weighted by Gasteiger charge is 2.30. The summed E-state index contributed by atoms with van der Waals surface area (Å²) >= 11 is 1.66. The van der Waals surface area contributed by atoms with Gasteiger partial charge in [0.25, 0.3) is 0 Å². The van der Waals surface area contributed by atoms with Gasteiger partial charge in [-0.05, 0) is 31.4 Å². The fourth-order valence-electron chi connectivity index (χ4n) is 1.43. The molecular formula is C11H15F3N2S. The summed E-state index contributed by atoms with van der Waals surface area (Å²) in [5, 5.41) is 3.08. The summed E-state index contributed by atoms with van der Waals surface area (Å²) in [5.41, 5.74) is 5.53. The highest BCUT2D eigenvalue weighted by Crippen LogP contribution is 2.32. The lowest BCUT2D eigenvalue weighted by molar-refractivity contribution is -0.137. The first-order valence-electron chi connectivity index (χ1n) is 5.06. The average Bonchev–Trinajstić information content (AvgIpc) is 2.20. The van der Waals surface area contributed by atoms with Crippen molar-refractivity contribution in [1.82, 2.24) is 0 Å². The molecule has 1 aromatic carbocycles. The Bertz CT molecular complexity index is 379. The number of nitrogen functional groups attached to an aromatic ring is 1. The summed E-state index contributed by atoms with van der Waals surface area (Å²) in [5.74, 6) is 0.862. The third-order valence-corrected chi connectivity index (χ3v) is 3.03. The predicted molar refractivity (Wildman–Crippen MR) is 67.3 cm³/mol. The van der Waals surface area contributed by atoms with Crippen LogP contribution in [0.1, 0.15) is 12.5 Å². The van der Waals surface area contributed by atoms with E-state index in [1.807, 2.05) is 13.2 Å². The van der Waals surface area contributed by atoms with Crippen molar-refractivity contribution >= 4 is 23.1 Å². The predicted octanol–water partition coefficient (Wildman–Crippen LogP) is 3.45. The minimum Gasteiger partial charge on any atom is -0.397 e. The first-order valence-corrected chi connectivity index (χ1v) is 6.46. The smallest absolute Gasteiger partial charge is 0.397 e. The number of thioether (sulfide) groups is 1. The Morgan fingerprint density at radius 2 is 2.06 bits per heavy atom. The summed E-state index contributed by atoms with van der Waals surface area (Å²) in [6.07, 6.45) is -2.38. The molecule has 0 radical (unpaired) electrons. The molecule has 1 atom stereocenters. The van der Waals surface area contributed by atoms with Crippen molar-refractivity contribution in [2.45, 2.75) is 19.1 Å². The van der Waals surface area contributed by atoms with E-state index in [0.29, 0.717) is 5.69 Å². The van der Waals surface area contributed by atoms with Gasteiger partial charge in [-0.25, -0.2) is 0 Å². The van der Waals surface area contributed by atoms with Gasteiger partial charge in [-0.15, -0.1) is 0 Å². The topological polar surface area (TPSA) is 38.0 Å². The number of hydrogen-bond acceptors (Lipinski definition) is 3. The SMILES string of the molecule is CSCC(C)Nc1ccc(C(F)(F)F)cc1N. The molecule has 0 spiro atoms. The molecule has 3 N–H and O–H groups in total. The number of alkyl halides is 3. The Morgan fingerprint density at radius 3 is 2.53 bits per heavy atom. The molecule has 0 aliphatic heterocycles. The maximum Gasteiger partial charge on any atom is 0.416 e. The van der Waals surface area contributed by atoms with E-state index in [4.69, 9.17) is 5.73 Å². The van der Waals surface area contributed by atoms with Crippen LogP contribution in [-0.2, 0) is 6.18 Å². The van der Waals surface area contributed by atoms with Crippen molar-refractivity contribution < 1.29 is 13.2 Å². The molecule has 0 amide bonds. The van der Waals surface area contributed by atoms with Gasteiger partial charge in [-0.3, -0.25) is 0 Å². The van der Waals surface area contributed by atoms with Gasteiger partial charge in [0.15, 0.2) is 0 Å². The Morgan fingerprint density at radius 1 is 1.41 bits per heavy atom. The number of halogens is 3. The van der Waals surface area contributed by atoms with Crippen molar-refractivity contribution in [3.63, 3.8) is 0 Å². The molecule has 17 heavy (non-hydrogen) atoms. The molecule has 96 valence electrons. The normalized spacial score (nSPS) is 13.5. The second kappa shape index (κ2) is 5.53. The summed E-state index contributed by atoms with van der Waals surface area (Å²) in [6.45, 7) is 1.95. The maximum atomic E-state index is 12.4. The van der Waals surface area contributed by atoms with E-state index < -0.39 is 11.7 Å². The zero-order chi connectivity index (χ0) is 13.1. The molecule has 1 aromatic rings. The van der Waals surface area contributed by atoms with E-state index in [0.717, 1.165) is 17.9 Å². The molecular weight excluding hydrogens is 249 g/mol. The van der Waals surface area contributed by atoms with Crippen LogP contribution >= 0.6 is 11.8 Å². The first-order chi connectivity index (χ1) is 7.84. The van der Waals surface area contributed by atoms with Crippen LogP contribution in [0.15, 0.2) is 18.2 Å². The van der Waals surface area contributed by atoms with Gasteiger partial charge in [-0.2, -0.15) is 24.9 Å². The van der Waals surface area contributed by atoms with Crippen LogP contribution in [0.2, 0.25) is 0 Å². The number of nitrogens with two attached hydrogens (primary N) is 1. The summed E-state index contributed by atoms with van der Waals surface area (Å²) in [4.78, 5) is 0. The lowest BCUT2D eigenvalue weighted by atomic mass is 10.1. The average molecular weight is 264 g/mol. The third-order valence-electron chi connectivity index (χ3n) is 2.20. The van der Waals surface area contributed by atoms with Gasteiger partial charge < -0.3 is 11.1 Å². The summed E-state index contributed by atoms with van der Waals surface area (Å²) in [7, 11) is 0. The highest BCUT2D eigenvalue weighted by molar-refractivity contribution is 7.98. The van der Waals surface area contributed by atoms with Crippen LogP contribution in [0.25, 0.3) is 0 Å². The van der Waals surface area contributed by atoms with E-state index in [1.165, 1.54) is 6.07 Å². The lowest BCUT2D eigenvalue weighted by Gasteiger charge is -2.17. The molecule has 0 aliphatic rings. The zero-order valence-electron chi connectivity index (χ0n) is 9.64. The summed E-state index contributed by atoms with van der Waals surface area (Å²) in [6, 6.07) is 3.51. The van der Waals surface area contributed by atoms with Crippen LogP contribution in [-0.4, -0.2) is 18.1 Å². The van der Waals surface area contributed by atoms with Crippen molar-refractivity contribution in [3.05, 3.63) is 23.8 Å². The Balaban J connectivity index is 2.83. The molecule has 0 heterocycles. The summed E-state index contributed by atoms with van der Waals surface area (Å²) < 4.78 is 37.2. The van der Waals surface area contributed by atoms with Crippen LogP contribution < -0.4 is 11.1 Å². The molecule has 0 aromatic heterocycles. The fourth-order valence-corrected chi connectivity index (χ4v) is 2.01. The van der Waals surface area contributed by atoms with Crippen molar-refractivity contribution in [3.8, 4) is 0 Å². The molecule has 0 aliphatic carbocycles. The number of benzene rings is 1. The number of nitrogens with one attached hydrogen (secondary N) is 1. The van der Waals surface area contributed by atoms with Gasteiger partial charge in [0.05, 0.1) is 16.9 Å². The standard InChI is InChI=1S/C11H15F3N2S/c1-7(6-17-2)16-10-4-3-8(5-9(10)15)11(12,13)14/h3-5,7,16H,6,15H2,1-2H3. The van der Waals surface area contributed by atoms with Crippen molar-refractivity contribution in [1.29, 1.82) is 0 Å². The Hall–Kier alpha value is -1.04. The molecule has 1 unspecified atom stereocenters. The van der Waals surface area contributed by atoms with Gasteiger partial charge in [0, 0.05) is 11.8 Å². The molecule has 2 nitrogen and oxygen atoms in total. The minimum absolute atomic E-state index is 0.118. The van der Waals surface area contributed by atoms with Gasteiger partial charge in [0.1, 0.15) is 0 Å². The molecule has 6 heteroatoms. The van der Waals surface area contributed by atoms with E-state index in [1.54, 1.807) is 11.8 Å². The number of hydrogen-bond donors (Lipinski definition) is 2. The number of rotatable bonds is 4. The third kappa shape index (κ3) is 4.03. The monoisotopic (exact) mass is 264 g/mol. The lowest BCUT2D eigenvalue weighted by Crippen LogP contribution is -2.19. The van der Waals surface area contributed by atoms with Gasteiger partial charge in [0.2, 0.25) is 0 Å². The van der Waals surface area contributed by atoms with Crippen molar-refractivity contribution in [2.24, 2.45) is 0 Å². The van der Waals surface area contributed by atoms with Gasteiger partial charge >= 0.3 is 6.18 Å². The quantitative estimate of drug-likeness (QED) is 0.818. The second-order valence-electron chi connectivity index (χ2n) is 3.80. The molecule has 0 bridgehead atoms. The number of anilines is 2. The Labute approximate surface area is 103 Å². The molecule has 1 rings (SSSR count). The second-order valence-corrected chi connectivity index (χ2v) is 4.71. The van der Waals surface area contributed by atoms with Gasteiger partial charge in [-0.1, -0.05) is 0 Å². The molecule has 0 saturated carbocycles. The first kappa shape index (κ1) is 14.0. The highest BCUT2D eigenvalue weighted by atomic mass is 32.2. The largest absolute Gasteiger partial charge is 0.416 e. The van der Waals surface area contributed by atoms with Crippen LogP contribution in [0.5, 0.6) is 0 Å². The van der Waals surface area contributed by atoms with Crippen LogP contribution in [0, 0.1) is 0 Å². The van der Waals surface area contributed by atoms with E-state index in [-0.39, 0.29) is 11.7 Å². The zero-order valence-corrected chi connectivity index (χ0v) is 10.5. The van der Waals surface area contributed by atoms with E-state index in [9.17, 15) is 13.2 Å². The van der Waals surface area contributed by atoms with E-state index >= 15 is 0 Å². The van der Waals surface area contributed by atoms with Crippen molar-refractivity contribution in [2.75, 3.05) is 23.1 Å².